The van der Waals surface area contributed by atoms with Crippen molar-refractivity contribution in [3.05, 3.63) is 29.3 Å². The molecule has 0 aliphatic heterocycles. The molecule has 0 aliphatic rings. The number of aliphatic hydroxyl groups is 2. The molecule has 5 heteroatoms. The van der Waals surface area contributed by atoms with Gasteiger partial charge in [0.05, 0.1) is 6.10 Å². The fourth-order valence-electron chi connectivity index (χ4n) is 1.25. The Kier molecular flexibility index (Phi) is 4.50. The Bertz CT molecular complexity index is 335. The highest BCUT2D eigenvalue weighted by Gasteiger charge is 2.18. The van der Waals surface area contributed by atoms with Crippen LogP contribution in [0.25, 0.3) is 0 Å². The minimum Gasteiger partial charge on any atom is -0.390 e. The molecule has 0 fully saturated rings. The Hall–Kier alpha value is -0.650. The summed E-state index contributed by atoms with van der Waals surface area (Å²) < 4.78 is 12.8. The smallest absolute Gasteiger partial charge is 0.215 e. The first kappa shape index (κ1) is 12.4. The first-order valence-corrected chi connectivity index (χ1v) is 5.28. The predicted octanol–water partition coefficient (Wildman–Crippen LogP) is 1.24. The summed E-state index contributed by atoms with van der Waals surface area (Å²) in [7, 11) is 0. The summed E-state index contributed by atoms with van der Waals surface area (Å²) in [5.41, 5.74) is 0.771. The molecule has 2 atom stereocenters. The Balaban J connectivity index is 2.81. The van der Waals surface area contributed by atoms with Crippen molar-refractivity contribution in [1.29, 1.82) is 0 Å². The van der Waals surface area contributed by atoms with Crippen LogP contribution in [0, 0.1) is 12.9 Å². The standard InChI is InChI=1S/C10H14FNO2S/c1-6-4-7(5-12-10(6)11)9(14)8(13)2-3-15/h4-5,8-9,13-15H,2-3H2,1H3. The number of aromatic nitrogens is 1. The van der Waals surface area contributed by atoms with Gasteiger partial charge in [-0.3, -0.25) is 0 Å². The summed E-state index contributed by atoms with van der Waals surface area (Å²) >= 11 is 3.96. The second kappa shape index (κ2) is 5.44. The summed E-state index contributed by atoms with van der Waals surface area (Å²) in [6.45, 7) is 1.56. The van der Waals surface area contributed by atoms with E-state index < -0.39 is 18.2 Å². The highest BCUT2D eigenvalue weighted by atomic mass is 32.1. The number of hydrogen-bond acceptors (Lipinski definition) is 4. The van der Waals surface area contributed by atoms with Gasteiger partial charge in [0.15, 0.2) is 0 Å². The van der Waals surface area contributed by atoms with E-state index in [2.05, 4.69) is 17.6 Å². The number of nitrogens with zero attached hydrogens (tertiary/aromatic N) is 1. The maximum absolute atomic E-state index is 12.8. The van der Waals surface area contributed by atoms with Gasteiger partial charge < -0.3 is 10.2 Å². The third-order valence-electron chi connectivity index (χ3n) is 2.17. The summed E-state index contributed by atoms with van der Waals surface area (Å²) in [6.07, 6.45) is -0.326. The molecule has 1 aromatic heterocycles. The van der Waals surface area contributed by atoms with Crippen molar-refractivity contribution >= 4 is 12.6 Å². The van der Waals surface area contributed by atoms with E-state index in [1.807, 2.05) is 0 Å². The molecule has 1 rings (SSSR count). The molecule has 0 radical (unpaired) electrons. The quantitative estimate of drug-likeness (QED) is 0.540. The zero-order chi connectivity index (χ0) is 11.4. The van der Waals surface area contributed by atoms with Gasteiger partial charge in [-0.05, 0) is 25.2 Å². The van der Waals surface area contributed by atoms with Crippen molar-refractivity contribution in [2.45, 2.75) is 25.6 Å². The number of rotatable bonds is 4. The second-order valence-corrected chi connectivity index (χ2v) is 3.85. The number of halogens is 1. The van der Waals surface area contributed by atoms with Crippen LogP contribution in [-0.2, 0) is 0 Å². The third kappa shape index (κ3) is 3.15. The Morgan fingerprint density at radius 2 is 2.20 bits per heavy atom. The molecule has 0 amide bonds. The SMILES string of the molecule is Cc1cc(C(O)C(O)CCS)cnc1F. The van der Waals surface area contributed by atoms with Crippen LogP contribution in [0.3, 0.4) is 0 Å². The van der Waals surface area contributed by atoms with Crippen molar-refractivity contribution in [2.75, 3.05) is 5.75 Å². The highest BCUT2D eigenvalue weighted by molar-refractivity contribution is 7.80. The summed E-state index contributed by atoms with van der Waals surface area (Å²) in [4.78, 5) is 3.49. The first-order chi connectivity index (χ1) is 7.06. The van der Waals surface area contributed by atoms with E-state index in [-0.39, 0.29) is 0 Å². The molecule has 84 valence electrons. The number of thiol groups is 1. The summed E-state index contributed by atoms with van der Waals surface area (Å²) in [6, 6.07) is 1.48. The highest BCUT2D eigenvalue weighted by Crippen LogP contribution is 2.20. The van der Waals surface area contributed by atoms with Gasteiger partial charge in [-0.2, -0.15) is 17.0 Å². The molecule has 0 saturated carbocycles. The van der Waals surface area contributed by atoms with Crippen molar-refractivity contribution in [3.8, 4) is 0 Å². The van der Waals surface area contributed by atoms with Gasteiger partial charge >= 0.3 is 0 Å². The lowest BCUT2D eigenvalue weighted by atomic mass is 10.0. The molecule has 2 N–H and O–H groups in total. The van der Waals surface area contributed by atoms with Crippen molar-refractivity contribution in [1.82, 2.24) is 4.98 Å². The summed E-state index contributed by atoms with van der Waals surface area (Å²) in [5, 5.41) is 19.2. The van der Waals surface area contributed by atoms with Crippen LogP contribution in [0.2, 0.25) is 0 Å². The van der Waals surface area contributed by atoms with Crippen LogP contribution in [0.1, 0.15) is 23.7 Å². The number of pyridine rings is 1. The van der Waals surface area contributed by atoms with E-state index in [1.165, 1.54) is 12.3 Å². The predicted molar refractivity (Wildman–Crippen MR) is 58.4 cm³/mol. The van der Waals surface area contributed by atoms with Crippen LogP contribution < -0.4 is 0 Å². The van der Waals surface area contributed by atoms with E-state index in [0.717, 1.165) is 0 Å². The normalized spacial score (nSPS) is 15.0. The molecule has 15 heavy (non-hydrogen) atoms. The van der Waals surface area contributed by atoms with Crippen molar-refractivity contribution < 1.29 is 14.6 Å². The molecular weight excluding hydrogens is 217 g/mol. The molecule has 0 bridgehead atoms. The Morgan fingerprint density at radius 1 is 1.53 bits per heavy atom. The lowest BCUT2D eigenvalue weighted by Gasteiger charge is -2.17. The fraction of sp³-hybridized carbons (Fsp3) is 0.500. The number of hydrogen-bond donors (Lipinski definition) is 3. The van der Waals surface area contributed by atoms with E-state index in [1.54, 1.807) is 6.92 Å². The Labute approximate surface area is 93.4 Å². The molecule has 3 nitrogen and oxygen atoms in total. The number of aliphatic hydroxyl groups excluding tert-OH is 2. The molecule has 1 aromatic rings. The zero-order valence-electron chi connectivity index (χ0n) is 8.39. The average Bonchev–Trinajstić information content (AvgIpc) is 2.21. The summed E-state index contributed by atoms with van der Waals surface area (Å²) in [5.74, 6) is -0.0825. The zero-order valence-corrected chi connectivity index (χ0v) is 9.28. The third-order valence-corrected chi connectivity index (χ3v) is 2.42. The molecule has 0 aromatic carbocycles. The average molecular weight is 231 g/mol. The van der Waals surface area contributed by atoms with E-state index in [9.17, 15) is 14.6 Å². The maximum atomic E-state index is 12.8. The minimum atomic E-state index is -1.04. The van der Waals surface area contributed by atoms with Crippen LogP contribution >= 0.6 is 12.6 Å². The fourth-order valence-corrected chi connectivity index (χ4v) is 1.52. The lowest BCUT2D eigenvalue weighted by molar-refractivity contribution is 0.0169. The van der Waals surface area contributed by atoms with Crippen molar-refractivity contribution in [2.24, 2.45) is 0 Å². The molecule has 1 heterocycles. The van der Waals surface area contributed by atoms with Gasteiger partial charge in [-0.1, -0.05) is 0 Å². The van der Waals surface area contributed by atoms with Gasteiger partial charge in [0, 0.05) is 17.3 Å². The van der Waals surface area contributed by atoms with Crippen LogP contribution in [-0.4, -0.2) is 27.1 Å². The van der Waals surface area contributed by atoms with Gasteiger partial charge in [0.2, 0.25) is 5.95 Å². The maximum Gasteiger partial charge on any atom is 0.215 e. The first-order valence-electron chi connectivity index (χ1n) is 4.65. The van der Waals surface area contributed by atoms with Crippen LogP contribution in [0.4, 0.5) is 4.39 Å². The van der Waals surface area contributed by atoms with E-state index in [0.29, 0.717) is 23.3 Å². The van der Waals surface area contributed by atoms with Gasteiger partial charge in [0.1, 0.15) is 6.10 Å². The van der Waals surface area contributed by atoms with Gasteiger partial charge in [-0.25, -0.2) is 4.98 Å². The van der Waals surface area contributed by atoms with Gasteiger partial charge in [-0.15, -0.1) is 0 Å². The van der Waals surface area contributed by atoms with Crippen LogP contribution in [0.5, 0.6) is 0 Å². The molecular formula is C10H14FNO2S. The van der Waals surface area contributed by atoms with E-state index >= 15 is 0 Å². The monoisotopic (exact) mass is 231 g/mol. The molecule has 0 saturated heterocycles. The molecule has 2 unspecified atom stereocenters. The lowest BCUT2D eigenvalue weighted by Crippen LogP contribution is -2.19. The van der Waals surface area contributed by atoms with Gasteiger partial charge in [0.25, 0.3) is 0 Å². The largest absolute Gasteiger partial charge is 0.390 e. The van der Waals surface area contributed by atoms with Crippen LogP contribution in [0.15, 0.2) is 12.3 Å². The second-order valence-electron chi connectivity index (χ2n) is 3.40. The van der Waals surface area contributed by atoms with Crippen molar-refractivity contribution in [3.63, 3.8) is 0 Å². The van der Waals surface area contributed by atoms with E-state index in [4.69, 9.17) is 0 Å². The Morgan fingerprint density at radius 3 is 2.73 bits per heavy atom. The topological polar surface area (TPSA) is 53.4 Å². The molecule has 0 aliphatic carbocycles. The molecule has 0 spiro atoms. The minimum absolute atomic E-state index is 0.352. The number of aryl methyl sites for hydroxylation is 1.